The molecule has 1 nitrogen and oxygen atoms in total. The fourth-order valence-corrected chi connectivity index (χ4v) is 4.49. The van der Waals surface area contributed by atoms with Gasteiger partial charge in [-0.2, -0.15) is 11.8 Å². The number of aliphatic hydroxyl groups is 1. The average molecular weight is 262 g/mol. The number of fused-ring (bicyclic) bond motifs is 1. The van der Waals surface area contributed by atoms with Gasteiger partial charge in [-0.1, -0.05) is 25.1 Å². The highest BCUT2D eigenvalue weighted by Gasteiger charge is 2.36. The van der Waals surface area contributed by atoms with Gasteiger partial charge in [0, 0.05) is 11.7 Å². The van der Waals surface area contributed by atoms with Crippen LogP contribution in [0.3, 0.4) is 0 Å². The van der Waals surface area contributed by atoms with Gasteiger partial charge in [-0.05, 0) is 54.5 Å². The van der Waals surface area contributed by atoms with Gasteiger partial charge in [0.1, 0.15) is 0 Å². The molecule has 1 N–H and O–H groups in total. The van der Waals surface area contributed by atoms with Gasteiger partial charge < -0.3 is 5.11 Å². The quantitative estimate of drug-likeness (QED) is 0.882. The smallest absolute Gasteiger partial charge is 0.0803 e. The molecule has 2 atom stereocenters. The van der Waals surface area contributed by atoms with Crippen LogP contribution in [-0.4, -0.2) is 21.7 Å². The zero-order valence-corrected chi connectivity index (χ0v) is 11.9. The van der Waals surface area contributed by atoms with E-state index in [4.69, 9.17) is 0 Å². The molecule has 3 rings (SSSR count). The Hall–Kier alpha value is -0.470. The molecule has 1 heterocycles. The molecule has 98 valence electrons. The predicted molar refractivity (Wildman–Crippen MR) is 78.3 cm³/mol. The lowest BCUT2D eigenvalue weighted by molar-refractivity contribution is 0.0297. The molecule has 0 aromatic heterocycles. The van der Waals surface area contributed by atoms with Crippen molar-refractivity contribution in [1.29, 1.82) is 0 Å². The van der Waals surface area contributed by atoms with Crippen LogP contribution in [0.25, 0.3) is 0 Å². The summed E-state index contributed by atoms with van der Waals surface area (Å²) >= 11 is 1.92. The van der Waals surface area contributed by atoms with Crippen molar-refractivity contribution in [2.24, 2.45) is 0 Å². The summed E-state index contributed by atoms with van der Waals surface area (Å²) in [6, 6.07) is 6.85. The number of rotatable bonds is 2. The van der Waals surface area contributed by atoms with Gasteiger partial charge in [-0.3, -0.25) is 0 Å². The standard InChI is InChI=1S/C16H22OS/c1-12-16(17,8-3-9-18-12)11-13-6-7-14-4-2-5-15(14)10-13/h6-7,10,12,17H,2-5,8-9,11H2,1H3. The van der Waals surface area contributed by atoms with Crippen molar-refractivity contribution < 1.29 is 5.11 Å². The van der Waals surface area contributed by atoms with Gasteiger partial charge in [0.15, 0.2) is 0 Å². The van der Waals surface area contributed by atoms with Crippen molar-refractivity contribution in [2.75, 3.05) is 5.75 Å². The first-order chi connectivity index (χ1) is 8.67. The summed E-state index contributed by atoms with van der Waals surface area (Å²) in [5, 5.41) is 11.2. The first-order valence-corrected chi connectivity index (χ1v) is 8.17. The van der Waals surface area contributed by atoms with Crippen LogP contribution in [-0.2, 0) is 19.3 Å². The largest absolute Gasteiger partial charge is 0.388 e. The molecular weight excluding hydrogens is 240 g/mol. The highest BCUT2D eigenvalue weighted by atomic mass is 32.2. The number of thioether (sulfide) groups is 1. The lowest BCUT2D eigenvalue weighted by Crippen LogP contribution is -2.43. The lowest BCUT2D eigenvalue weighted by Gasteiger charge is -2.38. The molecule has 1 aromatic rings. The van der Waals surface area contributed by atoms with Crippen molar-refractivity contribution in [3.8, 4) is 0 Å². The molecule has 1 aliphatic heterocycles. The predicted octanol–water partition coefficient (Wildman–Crippen LogP) is 3.36. The van der Waals surface area contributed by atoms with Crippen molar-refractivity contribution in [3.05, 3.63) is 34.9 Å². The Balaban J connectivity index is 1.79. The first kappa shape index (κ1) is 12.6. The fraction of sp³-hybridized carbons (Fsp3) is 0.625. The molecule has 0 spiro atoms. The summed E-state index contributed by atoms with van der Waals surface area (Å²) in [7, 11) is 0. The maximum absolute atomic E-state index is 10.8. The van der Waals surface area contributed by atoms with Crippen LogP contribution in [0, 0.1) is 0 Å². The minimum absolute atomic E-state index is 0.361. The highest BCUT2D eigenvalue weighted by molar-refractivity contribution is 8.00. The second-order valence-electron chi connectivity index (χ2n) is 5.85. The van der Waals surface area contributed by atoms with E-state index in [1.54, 1.807) is 0 Å². The number of hydrogen-bond acceptors (Lipinski definition) is 2. The van der Waals surface area contributed by atoms with Crippen LogP contribution in [0.4, 0.5) is 0 Å². The van der Waals surface area contributed by atoms with Crippen LogP contribution in [0.5, 0.6) is 0 Å². The Bertz CT molecular complexity index is 443. The second-order valence-corrected chi connectivity index (χ2v) is 7.30. The van der Waals surface area contributed by atoms with Gasteiger partial charge in [0.2, 0.25) is 0 Å². The summed E-state index contributed by atoms with van der Waals surface area (Å²) in [4.78, 5) is 0. The molecule has 0 bridgehead atoms. The Morgan fingerprint density at radius 2 is 2.11 bits per heavy atom. The van der Waals surface area contributed by atoms with E-state index in [9.17, 15) is 5.11 Å². The minimum Gasteiger partial charge on any atom is -0.388 e. The van der Waals surface area contributed by atoms with E-state index in [2.05, 4.69) is 25.1 Å². The minimum atomic E-state index is -0.490. The van der Waals surface area contributed by atoms with Gasteiger partial charge in [0.05, 0.1) is 5.60 Å². The van der Waals surface area contributed by atoms with E-state index in [-0.39, 0.29) is 0 Å². The number of hydrogen-bond donors (Lipinski definition) is 1. The summed E-state index contributed by atoms with van der Waals surface area (Å²) in [6.07, 6.45) is 6.70. The SMILES string of the molecule is CC1SCCCC1(O)Cc1ccc2c(c1)CCC2. The Morgan fingerprint density at radius 3 is 2.94 bits per heavy atom. The molecule has 2 aliphatic rings. The Kier molecular flexibility index (Phi) is 3.42. The number of aryl methyl sites for hydroxylation is 2. The van der Waals surface area contributed by atoms with Gasteiger partial charge in [0.25, 0.3) is 0 Å². The van der Waals surface area contributed by atoms with Crippen LogP contribution in [0.2, 0.25) is 0 Å². The molecule has 1 aromatic carbocycles. The lowest BCUT2D eigenvalue weighted by atomic mass is 9.86. The van der Waals surface area contributed by atoms with Gasteiger partial charge in [-0.15, -0.1) is 0 Å². The zero-order chi connectivity index (χ0) is 12.6. The van der Waals surface area contributed by atoms with E-state index in [1.165, 1.54) is 41.7 Å². The van der Waals surface area contributed by atoms with E-state index in [0.29, 0.717) is 5.25 Å². The van der Waals surface area contributed by atoms with E-state index in [1.807, 2.05) is 11.8 Å². The summed E-state index contributed by atoms with van der Waals surface area (Å²) in [5.74, 6) is 1.20. The van der Waals surface area contributed by atoms with Crippen molar-refractivity contribution in [2.45, 2.75) is 56.3 Å². The molecule has 18 heavy (non-hydrogen) atoms. The Labute approximate surface area is 114 Å². The summed E-state index contributed by atoms with van der Waals surface area (Å²) in [5.41, 5.74) is 3.88. The van der Waals surface area contributed by atoms with Crippen LogP contribution < -0.4 is 0 Å². The monoisotopic (exact) mass is 262 g/mol. The van der Waals surface area contributed by atoms with Crippen molar-refractivity contribution >= 4 is 11.8 Å². The van der Waals surface area contributed by atoms with E-state index < -0.39 is 5.60 Å². The average Bonchev–Trinajstić information content (AvgIpc) is 2.80. The van der Waals surface area contributed by atoms with Crippen LogP contribution >= 0.6 is 11.8 Å². The van der Waals surface area contributed by atoms with Gasteiger partial charge >= 0.3 is 0 Å². The van der Waals surface area contributed by atoms with Crippen LogP contribution in [0.15, 0.2) is 18.2 Å². The van der Waals surface area contributed by atoms with Gasteiger partial charge in [-0.25, -0.2) is 0 Å². The first-order valence-electron chi connectivity index (χ1n) is 7.12. The van der Waals surface area contributed by atoms with Crippen LogP contribution in [0.1, 0.15) is 42.9 Å². The maximum Gasteiger partial charge on any atom is 0.0803 e. The van der Waals surface area contributed by atoms with Crippen molar-refractivity contribution in [3.63, 3.8) is 0 Å². The van der Waals surface area contributed by atoms with E-state index >= 15 is 0 Å². The molecule has 0 saturated carbocycles. The van der Waals surface area contributed by atoms with Crippen molar-refractivity contribution in [1.82, 2.24) is 0 Å². The third-order valence-corrected chi connectivity index (χ3v) is 6.01. The molecule has 1 saturated heterocycles. The highest BCUT2D eigenvalue weighted by Crippen LogP contribution is 2.36. The molecule has 0 amide bonds. The molecule has 1 fully saturated rings. The molecule has 1 aliphatic carbocycles. The van der Waals surface area contributed by atoms with E-state index in [0.717, 1.165) is 19.3 Å². The maximum atomic E-state index is 10.8. The summed E-state index contributed by atoms with van der Waals surface area (Å²) in [6.45, 7) is 2.18. The topological polar surface area (TPSA) is 20.2 Å². The molecule has 2 unspecified atom stereocenters. The molecule has 2 heteroatoms. The molecule has 0 radical (unpaired) electrons. The number of benzene rings is 1. The normalized spacial score (nSPS) is 31.3. The zero-order valence-electron chi connectivity index (χ0n) is 11.1. The second kappa shape index (κ2) is 4.90. The third kappa shape index (κ3) is 2.33. The Morgan fingerprint density at radius 1 is 1.28 bits per heavy atom. The fourth-order valence-electron chi connectivity index (χ4n) is 3.32. The third-order valence-electron chi connectivity index (χ3n) is 4.55. The summed E-state index contributed by atoms with van der Waals surface area (Å²) < 4.78 is 0. The molecular formula is C16H22OS.